The molecule has 94 valence electrons. The largest absolute Gasteiger partial charge is 0.444 e. The molecule has 0 radical (unpaired) electrons. The molecule has 0 aromatic carbocycles. The number of carbonyl (C=O) groups excluding carboxylic acids is 1. The van der Waals surface area contributed by atoms with Crippen molar-refractivity contribution in [1.82, 2.24) is 4.90 Å². The van der Waals surface area contributed by atoms with Crippen LogP contribution in [0.2, 0.25) is 0 Å². The lowest BCUT2D eigenvalue weighted by Crippen LogP contribution is -2.44. The number of ether oxygens (including phenoxy) is 1. The summed E-state index contributed by atoms with van der Waals surface area (Å²) < 4.78 is 5.32. The minimum atomic E-state index is -0.471. The Labute approximate surface area is 97.6 Å². The summed E-state index contributed by atoms with van der Waals surface area (Å²) in [4.78, 5) is 13.6. The number of aliphatic hydroxyl groups is 1. The number of hydrogen-bond acceptors (Lipinski definition) is 3. The van der Waals surface area contributed by atoms with Crippen molar-refractivity contribution in [2.75, 3.05) is 6.54 Å². The van der Waals surface area contributed by atoms with Gasteiger partial charge in [-0.2, -0.15) is 0 Å². The molecule has 0 aromatic rings. The van der Waals surface area contributed by atoms with E-state index in [0.29, 0.717) is 13.0 Å². The van der Waals surface area contributed by atoms with Crippen LogP contribution >= 0.6 is 0 Å². The van der Waals surface area contributed by atoms with E-state index in [1.165, 1.54) is 0 Å². The fourth-order valence-electron chi connectivity index (χ4n) is 2.01. The summed E-state index contributed by atoms with van der Waals surface area (Å²) in [6.07, 6.45) is 1.75. The van der Waals surface area contributed by atoms with Gasteiger partial charge in [0.25, 0.3) is 0 Å². The lowest BCUT2D eigenvalue weighted by atomic mass is 10.1. The number of likely N-dealkylation sites (tertiary alicyclic amines) is 1. The first-order valence-electron chi connectivity index (χ1n) is 6.03. The van der Waals surface area contributed by atoms with Crippen molar-refractivity contribution in [3.05, 3.63) is 0 Å². The van der Waals surface area contributed by atoms with Crippen LogP contribution in [-0.4, -0.2) is 40.4 Å². The van der Waals surface area contributed by atoms with E-state index >= 15 is 0 Å². The third kappa shape index (κ3) is 3.37. The van der Waals surface area contributed by atoms with Crippen molar-refractivity contribution < 1.29 is 14.6 Å². The Hall–Kier alpha value is -0.770. The van der Waals surface area contributed by atoms with Crippen LogP contribution in [0.15, 0.2) is 0 Å². The van der Waals surface area contributed by atoms with Gasteiger partial charge < -0.3 is 14.7 Å². The van der Waals surface area contributed by atoms with Crippen LogP contribution in [0.4, 0.5) is 4.79 Å². The zero-order chi connectivity index (χ0) is 12.3. The van der Waals surface area contributed by atoms with Crippen LogP contribution in [0, 0.1) is 0 Å². The smallest absolute Gasteiger partial charge is 0.410 e. The number of amides is 1. The fraction of sp³-hybridized carbons (Fsp3) is 0.917. The average Bonchev–Trinajstić information content (AvgIpc) is 2.62. The molecule has 0 bridgehead atoms. The van der Waals surface area contributed by atoms with Crippen LogP contribution < -0.4 is 0 Å². The van der Waals surface area contributed by atoms with Crippen LogP contribution in [0.25, 0.3) is 0 Å². The van der Waals surface area contributed by atoms with E-state index in [0.717, 1.165) is 12.8 Å². The molecule has 1 fully saturated rings. The Morgan fingerprint density at radius 3 is 2.69 bits per heavy atom. The molecule has 0 spiro atoms. The van der Waals surface area contributed by atoms with E-state index in [2.05, 4.69) is 0 Å². The summed E-state index contributed by atoms with van der Waals surface area (Å²) in [5.74, 6) is 0. The van der Waals surface area contributed by atoms with Crippen LogP contribution in [0.3, 0.4) is 0 Å². The SMILES string of the molecule is CCC(O)[C@H]1CCCN1C(=O)OC(C)(C)C. The molecule has 1 aliphatic heterocycles. The Kier molecular flexibility index (Phi) is 4.19. The summed E-state index contributed by atoms with van der Waals surface area (Å²) >= 11 is 0. The van der Waals surface area contributed by atoms with Crippen molar-refractivity contribution in [3.63, 3.8) is 0 Å². The topological polar surface area (TPSA) is 49.8 Å². The number of aliphatic hydroxyl groups excluding tert-OH is 1. The Balaban J connectivity index is 2.61. The van der Waals surface area contributed by atoms with E-state index in [4.69, 9.17) is 4.74 Å². The molecule has 1 N–H and O–H groups in total. The fourth-order valence-corrected chi connectivity index (χ4v) is 2.01. The maximum absolute atomic E-state index is 11.9. The molecule has 4 heteroatoms. The molecular weight excluding hydrogens is 206 g/mol. The third-order valence-corrected chi connectivity index (χ3v) is 2.79. The lowest BCUT2D eigenvalue weighted by molar-refractivity contribution is 0.00475. The quantitative estimate of drug-likeness (QED) is 0.789. The monoisotopic (exact) mass is 229 g/mol. The molecule has 1 amide bonds. The Morgan fingerprint density at radius 2 is 2.19 bits per heavy atom. The van der Waals surface area contributed by atoms with Gasteiger partial charge in [-0.25, -0.2) is 4.79 Å². The van der Waals surface area contributed by atoms with E-state index in [-0.39, 0.29) is 12.1 Å². The first-order chi connectivity index (χ1) is 7.35. The van der Waals surface area contributed by atoms with Gasteiger partial charge in [0.05, 0.1) is 12.1 Å². The average molecular weight is 229 g/mol. The van der Waals surface area contributed by atoms with Gasteiger partial charge in [0.15, 0.2) is 0 Å². The number of rotatable bonds is 2. The maximum Gasteiger partial charge on any atom is 0.410 e. The van der Waals surface area contributed by atoms with Gasteiger partial charge in [-0.15, -0.1) is 0 Å². The summed E-state index contributed by atoms with van der Waals surface area (Å²) in [7, 11) is 0. The van der Waals surface area contributed by atoms with Crippen molar-refractivity contribution in [2.24, 2.45) is 0 Å². The zero-order valence-electron chi connectivity index (χ0n) is 10.7. The minimum Gasteiger partial charge on any atom is -0.444 e. The van der Waals surface area contributed by atoms with Gasteiger partial charge in [-0.3, -0.25) is 0 Å². The van der Waals surface area contributed by atoms with E-state index in [9.17, 15) is 9.90 Å². The predicted molar refractivity (Wildman–Crippen MR) is 62.3 cm³/mol. The molecule has 0 aromatic heterocycles. The minimum absolute atomic E-state index is 0.0696. The first kappa shape index (κ1) is 13.3. The summed E-state index contributed by atoms with van der Waals surface area (Å²) in [6, 6.07) is -0.0696. The standard InChI is InChI=1S/C12H23NO3/c1-5-10(14)9-7-6-8-13(9)11(15)16-12(2,3)4/h9-10,14H,5-8H2,1-4H3/t9-,10?/m1/s1. The molecule has 1 aliphatic rings. The first-order valence-corrected chi connectivity index (χ1v) is 6.03. The molecule has 0 aliphatic carbocycles. The van der Waals surface area contributed by atoms with Crippen LogP contribution in [0.1, 0.15) is 47.0 Å². The molecule has 4 nitrogen and oxygen atoms in total. The third-order valence-electron chi connectivity index (χ3n) is 2.79. The van der Waals surface area contributed by atoms with Gasteiger partial charge in [0.1, 0.15) is 5.60 Å². The van der Waals surface area contributed by atoms with Crippen molar-refractivity contribution in [1.29, 1.82) is 0 Å². The molecular formula is C12H23NO3. The molecule has 2 atom stereocenters. The molecule has 1 saturated heterocycles. The van der Waals surface area contributed by atoms with Crippen LogP contribution in [-0.2, 0) is 4.74 Å². The maximum atomic E-state index is 11.9. The normalized spacial score (nSPS) is 23.3. The van der Waals surface area contributed by atoms with Gasteiger partial charge in [0.2, 0.25) is 0 Å². The second kappa shape index (κ2) is 5.04. The van der Waals surface area contributed by atoms with Gasteiger partial charge >= 0.3 is 6.09 Å². The highest BCUT2D eigenvalue weighted by molar-refractivity contribution is 5.69. The molecule has 1 heterocycles. The summed E-state index contributed by atoms with van der Waals surface area (Å²) in [5, 5.41) is 9.83. The zero-order valence-corrected chi connectivity index (χ0v) is 10.7. The van der Waals surface area contributed by atoms with E-state index in [1.54, 1.807) is 4.90 Å². The highest BCUT2D eigenvalue weighted by atomic mass is 16.6. The Morgan fingerprint density at radius 1 is 1.56 bits per heavy atom. The summed E-state index contributed by atoms with van der Waals surface area (Å²) in [5.41, 5.74) is -0.471. The predicted octanol–water partition coefficient (Wildman–Crippen LogP) is 2.16. The second-order valence-electron chi connectivity index (χ2n) is 5.36. The lowest BCUT2D eigenvalue weighted by Gasteiger charge is -2.30. The highest BCUT2D eigenvalue weighted by Crippen LogP contribution is 2.24. The van der Waals surface area contributed by atoms with E-state index < -0.39 is 11.7 Å². The molecule has 1 rings (SSSR count). The Bertz CT molecular complexity index is 247. The van der Waals surface area contributed by atoms with E-state index in [1.807, 2.05) is 27.7 Å². The molecule has 16 heavy (non-hydrogen) atoms. The number of hydrogen-bond donors (Lipinski definition) is 1. The second-order valence-corrected chi connectivity index (χ2v) is 5.36. The van der Waals surface area contributed by atoms with Gasteiger partial charge in [-0.1, -0.05) is 6.92 Å². The summed E-state index contributed by atoms with van der Waals surface area (Å²) in [6.45, 7) is 8.18. The van der Waals surface area contributed by atoms with Crippen molar-refractivity contribution in [3.8, 4) is 0 Å². The highest BCUT2D eigenvalue weighted by Gasteiger charge is 2.35. The van der Waals surface area contributed by atoms with Crippen molar-refractivity contribution >= 4 is 6.09 Å². The van der Waals surface area contributed by atoms with Gasteiger partial charge in [0, 0.05) is 6.54 Å². The van der Waals surface area contributed by atoms with Crippen molar-refractivity contribution in [2.45, 2.75) is 64.7 Å². The molecule has 1 unspecified atom stereocenters. The number of carbonyl (C=O) groups is 1. The molecule has 0 saturated carbocycles. The number of nitrogens with zero attached hydrogens (tertiary/aromatic N) is 1. The van der Waals surface area contributed by atoms with Crippen LogP contribution in [0.5, 0.6) is 0 Å². The van der Waals surface area contributed by atoms with Gasteiger partial charge in [-0.05, 0) is 40.0 Å².